The van der Waals surface area contributed by atoms with Crippen LogP contribution in [0.25, 0.3) is 0 Å². The van der Waals surface area contributed by atoms with Gasteiger partial charge >= 0.3 is 0 Å². The van der Waals surface area contributed by atoms with Crippen LogP contribution in [-0.4, -0.2) is 14.4 Å². The SMILES string of the molecule is CCCCCCCCCCCCC(C)O[Si](C)(C)CC. The maximum atomic E-state index is 6.21. The van der Waals surface area contributed by atoms with E-state index >= 15 is 0 Å². The summed E-state index contributed by atoms with van der Waals surface area (Å²) in [6.45, 7) is 11.5. The monoisotopic (exact) mass is 300 g/mol. The molecule has 1 nitrogen and oxygen atoms in total. The van der Waals surface area contributed by atoms with Crippen molar-refractivity contribution in [3.05, 3.63) is 0 Å². The van der Waals surface area contributed by atoms with Gasteiger partial charge in [0.25, 0.3) is 0 Å². The molecule has 1 atom stereocenters. The highest BCUT2D eigenvalue weighted by molar-refractivity contribution is 6.71. The maximum Gasteiger partial charge on any atom is 0.186 e. The smallest absolute Gasteiger partial charge is 0.186 e. The Morgan fingerprint density at radius 3 is 1.65 bits per heavy atom. The lowest BCUT2D eigenvalue weighted by atomic mass is 10.1. The molecule has 0 aliphatic rings. The lowest BCUT2D eigenvalue weighted by Crippen LogP contribution is -2.33. The molecule has 0 amide bonds. The zero-order valence-electron chi connectivity index (χ0n) is 15.0. The molecule has 0 radical (unpaired) electrons. The first kappa shape index (κ1) is 20.2. The largest absolute Gasteiger partial charge is 0.415 e. The van der Waals surface area contributed by atoms with Crippen molar-refractivity contribution in [2.45, 2.75) is 117 Å². The van der Waals surface area contributed by atoms with Gasteiger partial charge in [0.1, 0.15) is 0 Å². The van der Waals surface area contributed by atoms with Gasteiger partial charge in [0.05, 0.1) is 0 Å². The van der Waals surface area contributed by atoms with Crippen molar-refractivity contribution in [3.8, 4) is 0 Å². The molecule has 20 heavy (non-hydrogen) atoms. The summed E-state index contributed by atoms with van der Waals surface area (Å²) in [6.07, 6.45) is 15.9. The van der Waals surface area contributed by atoms with E-state index in [1.54, 1.807) is 0 Å². The molecule has 0 saturated carbocycles. The van der Waals surface area contributed by atoms with Crippen LogP contribution in [0.4, 0.5) is 0 Å². The molecule has 2 heteroatoms. The highest BCUT2D eigenvalue weighted by Gasteiger charge is 2.21. The average molecular weight is 301 g/mol. The second kappa shape index (κ2) is 12.9. The number of rotatable bonds is 14. The van der Waals surface area contributed by atoms with Crippen molar-refractivity contribution in [3.63, 3.8) is 0 Å². The van der Waals surface area contributed by atoms with Gasteiger partial charge in [0.2, 0.25) is 0 Å². The van der Waals surface area contributed by atoms with E-state index in [9.17, 15) is 0 Å². The number of hydrogen-bond donors (Lipinski definition) is 0. The molecular weight excluding hydrogens is 260 g/mol. The van der Waals surface area contributed by atoms with Gasteiger partial charge in [0.15, 0.2) is 8.32 Å². The summed E-state index contributed by atoms with van der Waals surface area (Å²) >= 11 is 0. The van der Waals surface area contributed by atoms with Crippen molar-refractivity contribution < 1.29 is 4.43 Å². The van der Waals surface area contributed by atoms with Gasteiger partial charge in [-0.05, 0) is 32.5 Å². The summed E-state index contributed by atoms with van der Waals surface area (Å²) in [5, 5.41) is 0. The zero-order valence-corrected chi connectivity index (χ0v) is 16.0. The third-order valence-corrected chi connectivity index (χ3v) is 7.08. The second-order valence-electron chi connectivity index (χ2n) is 7.01. The van der Waals surface area contributed by atoms with Gasteiger partial charge in [-0.25, -0.2) is 0 Å². The van der Waals surface area contributed by atoms with E-state index in [0.29, 0.717) is 6.10 Å². The van der Waals surface area contributed by atoms with Crippen LogP contribution in [0.3, 0.4) is 0 Å². The molecule has 0 aromatic rings. The first-order valence-electron chi connectivity index (χ1n) is 9.19. The van der Waals surface area contributed by atoms with Crippen molar-refractivity contribution in [1.29, 1.82) is 0 Å². The molecule has 0 aromatic heterocycles. The Labute approximate surface area is 130 Å². The highest BCUT2D eigenvalue weighted by atomic mass is 28.4. The Bertz CT molecular complexity index is 204. The Kier molecular flexibility index (Phi) is 13.0. The van der Waals surface area contributed by atoms with Crippen LogP contribution >= 0.6 is 0 Å². The molecule has 122 valence electrons. The molecule has 0 aliphatic heterocycles. The molecule has 0 rings (SSSR count). The Balaban J connectivity index is 3.27. The van der Waals surface area contributed by atoms with Crippen LogP contribution in [0.2, 0.25) is 19.1 Å². The Hall–Kier alpha value is 0.177. The topological polar surface area (TPSA) is 9.23 Å². The van der Waals surface area contributed by atoms with E-state index < -0.39 is 8.32 Å². The summed E-state index contributed by atoms with van der Waals surface area (Å²) in [7, 11) is -1.34. The van der Waals surface area contributed by atoms with Crippen molar-refractivity contribution in [1.82, 2.24) is 0 Å². The van der Waals surface area contributed by atoms with Gasteiger partial charge in [-0.1, -0.05) is 78.1 Å². The summed E-state index contributed by atoms with van der Waals surface area (Å²) in [5.74, 6) is 0. The third-order valence-electron chi connectivity index (χ3n) is 4.34. The molecule has 0 spiro atoms. The minimum absolute atomic E-state index is 0.477. The van der Waals surface area contributed by atoms with E-state index in [1.165, 1.54) is 76.7 Å². The molecule has 0 N–H and O–H groups in total. The van der Waals surface area contributed by atoms with Crippen molar-refractivity contribution in [2.75, 3.05) is 0 Å². The van der Waals surface area contributed by atoms with Crippen LogP contribution < -0.4 is 0 Å². The minimum atomic E-state index is -1.34. The predicted molar refractivity (Wildman–Crippen MR) is 95.0 cm³/mol. The van der Waals surface area contributed by atoms with E-state index in [-0.39, 0.29) is 0 Å². The Morgan fingerprint density at radius 2 is 1.20 bits per heavy atom. The van der Waals surface area contributed by atoms with E-state index in [1.807, 2.05) is 0 Å². The van der Waals surface area contributed by atoms with Crippen LogP contribution in [0.15, 0.2) is 0 Å². The first-order valence-corrected chi connectivity index (χ1v) is 12.3. The average Bonchev–Trinajstić information content (AvgIpc) is 2.40. The highest BCUT2D eigenvalue weighted by Crippen LogP contribution is 2.17. The van der Waals surface area contributed by atoms with Crippen LogP contribution in [0.5, 0.6) is 0 Å². The molecule has 0 saturated heterocycles. The molecule has 0 fully saturated rings. The predicted octanol–water partition coefficient (Wildman–Crippen LogP) is 6.93. The lowest BCUT2D eigenvalue weighted by molar-refractivity contribution is 0.196. The maximum absolute atomic E-state index is 6.21. The van der Waals surface area contributed by atoms with Gasteiger partial charge in [0, 0.05) is 6.10 Å². The lowest BCUT2D eigenvalue weighted by Gasteiger charge is -2.26. The van der Waals surface area contributed by atoms with Crippen molar-refractivity contribution in [2.24, 2.45) is 0 Å². The van der Waals surface area contributed by atoms with Gasteiger partial charge in [-0.2, -0.15) is 0 Å². The number of hydrogen-bond acceptors (Lipinski definition) is 1. The zero-order chi connectivity index (χ0) is 15.3. The van der Waals surface area contributed by atoms with Gasteiger partial charge < -0.3 is 4.43 Å². The summed E-state index contributed by atoms with van der Waals surface area (Å²) < 4.78 is 6.21. The third kappa shape index (κ3) is 13.2. The molecular formula is C18H40OSi. The molecule has 1 unspecified atom stereocenters. The summed E-state index contributed by atoms with van der Waals surface area (Å²) in [6, 6.07) is 1.23. The Morgan fingerprint density at radius 1 is 0.750 bits per heavy atom. The van der Waals surface area contributed by atoms with E-state index in [0.717, 1.165) is 0 Å². The fraction of sp³-hybridized carbons (Fsp3) is 1.00. The van der Waals surface area contributed by atoms with Gasteiger partial charge in [-0.15, -0.1) is 0 Å². The van der Waals surface area contributed by atoms with Crippen LogP contribution in [0.1, 0.15) is 91.4 Å². The fourth-order valence-corrected chi connectivity index (χ4v) is 3.98. The second-order valence-corrected chi connectivity index (χ2v) is 11.5. The first-order chi connectivity index (χ1) is 9.52. The summed E-state index contributed by atoms with van der Waals surface area (Å²) in [5.41, 5.74) is 0. The van der Waals surface area contributed by atoms with E-state index in [4.69, 9.17) is 4.43 Å². The fourth-order valence-electron chi connectivity index (χ4n) is 2.61. The van der Waals surface area contributed by atoms with Gasteiger partial charge in [-0.3, -0.25) is 0 Å². The van der Waals surface area contributed by atoms with Crippen molar-refractivity contribution >= 4 is 8.32 Å². The van der Waals surface area contributed by atoms with Crippen LogP contribution in [0, 0.1) is 0 Å². The summed E-state index contributed by atoms with van der Waals surface area (Å²) in [4.78, 5) is 0. The normalized spacial score (nSPS) is 13.7. The number of unbranched alkanes of at least 4 members (excludes halogenated alkanes) is 9. The molecule has 0 aliphatic carbocycles. The standard InChI is InChI=1S/C18H40OSi/c1-6-8-9-10-11-12-13-14-15-16-17-18(3)19-20(4,5)7-2/h18H,6-17H2,1-5H3. The minimum Gasteiger partial charge on any atom is -0.415 e. The molecule has 0 heterocycles. The van der Waals surface area contributed by atoms with E-state index in [2.05, 4.69) is 33.9 Å². The quantitative estimate of drug-likeness (QED) is 0.250. The van der Waals surface area contributed by atoms with Crippen LogP contribution in [-0.2, 0) is 4.43 Å². The molecule has 0 aromatic carbocycles. The molecule has 0 bridgehead atoms.